The molecule has 3 rings (SSSR count). The molecule has 0 fully saturated rings. The summed E-state index contributed by atoms with van der Waals surface area (Å²) in [5.41, 5.74) is 8.40. The van der Waals surface area contributed by atoms with E-state index in [-0.39, 0.29) is 0 Å². The molecule has 1 aromatic heterocycles. The van der Waals surface area contributed by atoms with Gasteiger partial charge in [0.15, 0.2) is 0 Å². The molecule has 0 saturated heterocycles. The molecule has 1 aromatic carbocycles. The molecule has 0 amide bonds. The minimum Gasteiger partial charge on any atom is -0.330 e. The van der Waals surface area contributed by atoms with Crippen LogP contribution in [0.15, 0.2) is 24.3 Å². The molecule has 1 unspecified atom stereocenters. The first kappa shape index (κ1) is 13.5. The molecule has 1 aliphatic rings. The van der Waals surface area contributed by atoms with E-state index in [0.29, 0.717) is 11.8 Å². The van der Waals surface area contributed by atoms with Crippen LogP contribution in [0.25, 0.3) is 0 Å². The van der Waals surface area contributed by atoms with Gasteiger partial charge in [0, 0.05) is 35.6 Å². The van der Waals surface area contributed by atoms with Gasteiger partial charge < -0.3 is 10.6 Å². The van der Waals surface area contributed by atoms with Crippen LogP contribution >= 0.6 is 11.5 Å². The predicted molar refractivity (Wildman–Crippen MR) is 83.9 cm³/mol. The zero-order valence-corrected chi connectivity index (χ0v) is 12.7. The lowest BCUT2D eigenvalue weighted by atomic mass is 9.98. The van der Waals surface area contributed by atoms with Crippen molar-refractivity contribution >= 4 is 22.4 Å². The fraction of sp³-hybridized carbons (Fsp3) is 0.467. The molecule has 2 N–H and O–H groups in total. The third-order valence-corrected chi connectivity index (χ3v) is 4.52. The standard InChI is InChI=1S/C15H20N4S/c1-10(2)14-17-15(20-18-14)19-9-11(7-8-16)12-5-3-4-6-13(12)19/h3-6,10-11H,7-9,16H2,1-2H3. The third kappa shape index (κ3) is 2.31. The molecule has 0 radical (unpaired) electrons. The van der Waals surface area contributed by atoms with E-state index >= 15 is 0 Å². The van der Waals surface area contributed by atoms with Gasteiger partial charge in [-0.25, -0.2) is 4.98 Å². The minimum absolute atomic E-state index is 0.373. The van der Waals surface area contributed by atoms with E-state index in [1.807, 2.05) is 0 Å². The number of hydrogen-bond acceptors (Lipinski definition) is 5. The SMILES string of the molecule is CC(C)c1nsc(N2CC(CCN)c3ccccc32)n1. The zero-order chi connectivity index (χ0) is 14.1. The van der Waals surface area contributed by atoms with Crippen LogP contribution in [-0.4, -0.2) is 22.4 Å². The van der Waals surface area contributed by atoms with Crippen molar-refractivity contribution in [3.8, 4) is 0 Å². The Hall–Kier alpha value is -1.46. The van der Waals surface area contributed by atoms with Crippen molar-refractivity contribution in [2.75, 3.05) is 18.0 Å². The lowest BCUT2D eigenvalue weighted by Crippen LogP contribution is -2.17. The number of anilines is 2. The number of nitrogens with zero attached hydrogens (tertiary/aromatic N) is 3. The fourth-order valence-electron chi connectivity index (χ4n) is 2.70. The van der Waals surface area contributed by atoms with Crippen molar-refractivity contribution in [3.05, 3.63) is 35.7 Å². The molecule has 2 aromatic rings. The zero-order valence-electron chi connectivity index (χ0n) is 11.9. The smallest absolute Gasteiger partial charge is 0.209 e. The number of aromatic nitrogens is 2. The highest BCUT2D eigenvalue weighted by Crippen LogP contribution is 2.42. The quantitative estimate of drug-likeness (QED) is 0.938. The molecule has 106 valence electrons. The summed E-state index contributed by atoms with van der Waals surface area (Å²) in [6.45, 7) is 5.94. The van der Waals surface area contributed by atoms with Gasteiger partial charge in [0.05, 0.1) is 0 Å². The van der Waals surface area contributed by atoms with Gasteiger partial charge >= 0.3 is 0 Å². The number of nitrogens with two attached hydrogens (primary N) is 1. The maximum atomic E-state index is 5.75. The van der Waals surface area contributed by atoms with Crippen LogP contribution in [0.1, 0.15) is 43.5 Å². The molecule has 0 saturated carbocycles. The van der Waals surface area contributed by atoms with Crippen LogP contribution in [0, 0.1) is 0 Å². The highest BCUT2D eigenvalue weighted by molar-refractivity contribution is 7.09. The second-order valence-corrected chi connectivity index (χ2v) is 6.26. The average Bonchev–Trinajstić information content (AvgIpc) is 3.04. The number of benzene rings is 1. The van der Waals surface area contributed by atoms with E-state index in [1.165, 1.54) is 22.8 Å². The Kier molecular flexibility index (Phi) is 3.72. The number of para-hydroxylation sites is 1. The van der Waals surface area contributed by atoms with Crippen LogP contribution in [0.2, 0.25) is 0 Å². The van der Waals surface area contributed by atoms with Crippen molar-refractivity contribution in [2.45, 2.75) is 32.1 Å². The lowest BCUT2D eigenvalue weighted by molar-refractivity contribution is 0.667. The maximum Gasteiger partial charge on any atom is 0.209 e. The van der Waals surface area contributed by atoms with Gasteiger partial charge in [0.25, 0.3) is 0 Å². The minimum atomic E-state index is 0.373. The van der Waals surface area contributed by atoms with Gasteiger partial charge in [-0.05, 0) is 24.6 Å². The van der Waals surface area contributed by atoms with Gasteiger partial charge in [0.2, 0.25) is 5.13 Å². The maximum absolute atomic E-state index is 5.75. The summed E-state index contributed by atoms with van der Waals surface area (Å²) >= 11 is 1.49. The van der Waals surface area contributed by atoms with E-state index in [9.17, 15) is 0 Å². The van der Waals surface area contributed by atoms with Crippen molar-refractivity contribution in [1.29, 1.82) is 0 Å². The van der Waals surface area contributed by atoms with Crippen LogP contribution in [0.5, 0.6) is 0 Å². The predicted octanol–water partition coefficient (Wildman–Crippen LogP) is 3.25. The summed E-state index contributed by atoms with van der Waals surface area (Å²) in [4.78, 5) is 6.98. The van der Waals surface area contributed by atoms with E-state index in [0.717, 1.165) is 30.5 Å². The summed E-state index contributed by atoms with van der Waals surface area (Å²) in [5.74, 6) is 1.81. The molecular weight excluding hydrogens is 268 g/mol. The Balaban J connectivity index is 1.94. The summed E-state index contributed by atoms with van der Waals surface area (Å²) in [5, 5.41) is 1.00. The van der Waals surface area contributed by atoms with Crippen molar-refractivity contribution in [2.24, 2.45) is 5.73 Å². The van der Waals surface area contributed by atoms with Gasteiger partial charge in [-0.3, -0.25) is 0 Å². The first-order valence-corrected chi connectivity index (χ1v) is 7.88. The average molecular weight is 288 g/mol. The Morgan fingerprint density at radius 1 is 1.40 bits per heavy atom. The normalized spacial score (nSPS) is 17.8. The summed E-state index contributed by atoms with van der Waals surface area (Å²) in [7, 11) is 0. The molecule has 4 nitrogen and oxygen atoms in total. The highest BCUT2D eigenvalue weighted by Gasteiger charge is 2.30. The van der Waals surface area contributed by atoms with Crippen LogP contribution < -0.4 is 10.6 Å². The number of hydrogen-bond donors (Lipinski definition) is 1. The number of fused-ring (bicyclic) bond motifs is 1. The molecule has 0 bridgehead atoms. The second-order valence-electron chi connectivity index (χ2n) is 5.53. The monoisotopic (exact) mass is 288 g/mol. The van der Waals surface area contributed by atoms with Crippen LogP contribution in [0.4, 0.5) is 10.8 Å². The Labute approximate surface area is 123 Å². The Morgan fingerprint density at radius 3 is 2.90 bits per heavy atom. The van der Waals surface area contributed by atoms with Crippen molar-refractivity contribution in [1.82, 2.24) is 9.36 Å². The third-order valence-electron chi connectivity index (χ3n) is 3.76. The topological polar surface area (TPSA) is 55.0 Å². The van der Waals surface area contributed by atoms with Crippen molar-refractivity contribution in [3.63, 3.8) is 0 Å². The Bertz CT molecular complexity index is 593. The molecule has 20 heavy (non-hydrogen) atoms. The van der Waals surface area contributed by atoms with Gasteiger partial charge in [-0.1, -0.05) is 32.0 Å². The van der Waals surface area contributed by atoms with Gasteiger partial charge in [0.1, 0.15) is 5.82 Å². The van der Waals surface area contributed by atoms with Crippen LogP contribution in [0.3, 0.4) is 0 Å². The lowest BCUT2D eigenvalue weighted by Gasteiger charge is -2.15. The van der Waals surface area contributed by atoms with E-state index in [1.54, 1.807) is 0 Å². The molecule has 0 spiro atoms. The fourth-order valence-corrected chi connectivity index (χ4v) is 3.53. The number of rotatable bonds is 4. The van der Waals surface area contributed by atoms with Gasteiger partial charge in [-0.2, -0.15) is 4.37 Å². The van der Waals surface area contributed by atoms with Gasteiger partial charge in [-0.15, -0.1) is 0 Å². The van der Waals surface area contributed by atoms with Crippen LogP contribution in [-0.2, 0) is 0 Å². The first-order chi connectivity index (χ1) is 9.70. The van der Waals surface area contributed by atoms with E-state index in [4.69, 9.17) is 5.73 Å². The molecule has 2 heterocycles. The molecular formula is C15H20N4S. The highest BCUT2D eigenvalue weighted by atomic mass is 32.1. The van der Waals surface area contributed by atoms with E-state index < -0.39 is 0 Å². The van der Waals surface area contributed by atoms with Crippen molar-refractivity contribution < 1.29 is 0 Å². The molecule has 0 aliphatic carbocycles. The first-order valence-electron chi connectivity index (χ1n) is 7.11. The largest absolute Gasteiger partial charge is 0.330 e. The Morgan fingerprint density at radius 2 is 2.20 bits per heavy atom. The summed E-state index contributed by atoms with van der Waals surface area (Å²) in [6.07, 6.45) is 1.02. The molecule has 1 atom stereocenters. The summed E-state index contributed by atoms with van der Waals surface area (Å²) in [6, 6.07) is 8.56. The van der Waals surface area contributed by atoms with E-state index in [2.05, 4.69) is 52.4 Å². The molecule has 1 aliphatic heterocycles. The summed E-state index contributed by atoms with van der Waals surface area (Å²) < 4.78 is 4.47. The molecule has 5 heteroatoms. The second kappa shape index (κ2) is 5.50.